The van der Waals surface area contributed by atoms with Gasteiger partial charge in [-0.25, -0.2) is 0 Å². The zero-order valence-corrected chi connectivity index (χ0v) is 13.1. The number of hydrogen-bond donors (Lipinski definition) is 2. The van der Waals surface area contributed by atoms with E-state index in [2.05, 4.69) is 19.2 Å². The molecule has 2 rings (SSSR count). The van der Waals surface area contributed by atoms with Crippen LogP contribution in [0.2, 0.25) is 0 Å². The standard InChI is InChI=1S/C18H27NO2/c1-13(2)16-5-3-4-6-17(16)19-12-15-9-7-14(8-10-15)11-18(20)21/h7-10,13,16-17,19H,3-6,11-12H2,1-2H3,(H,20,21). The van der Waals surface area contributed by atoms with Gasteiger partial charge in [-0.3, -0.25) is 4.79 Å². The summed E-state index contributed by atoms with van der Waals surface area (Å²) in [6, 6.07) is 8.55. The molecule has 0 amide bonds. The van der Waals surface area contributed by atoms with E-state index in [-0.39, 0.29) is 6.42 Å². The molecule has 3 heteroatoms. The highest BCUT2D eigenvalue weighted by Gasteiger charge is 2.26. The van der Waals surface area contributed by atoms with E-state index in [1.165, 1.54) is 31.2 Å². The topological polar surface area (TPSA) is 49.3 Å². The van der Waals surface area contributed by atoms with Crippen molar-refractivity contribution in [3.05, 3.63) is 35.4 Å². The van der Waals surface area contributed by atoms with Gasteiger partial charge in [-0.15, -0.1) is 0 Å². The molecule has 21 heavy (non-hydrogen) atoms. The summed E-state index contributed by atoms with van der Waals surface area (Å²) in [5.41, 5.74) is 2.10. The number of benzene rings is 1. The average molecular weight is 289 g/mol. The molecule has 0 bridgehead atoms. The number of carboxylic acid groups (broad SMARTS) is 1. The molecule has 1 fully saturated rings. The van der Waals surface area contributed by atoms with Crippen molar-refractivity contribution < 1.29 is 9.90 Å². The highest BCUT2D eigenvalue weighted by Crippen LogP contribution is 2.30. The van der Waals surface area contributed by atoms with E-state index in [1.807, 2.05) is 24.3 Å². The van der Waals surface area contributed by atoms with Gasteiger partial charge in [0.25, 0.3) is 0 Å². The van der Waals surface area contributed by atoms with Gasteiger partial charge in [0.05, 0.1) is 6.42 Å². The van der Waals surface area contributed by atoms with E-state index in [0.29, 0.717) is 6.04 Å². The third-order valence-corrected chi connectivity index (χ3v) is 4.62. The molecule has 2 atom stereocenters. The molecule has 116 valence electrons. The fourth-order valence-electron chi connectivity index (χ4n) is 3.41. The number of hydrogen-bond acceptors (Lipinski definition) is 2. The number of carboxylic acids is 1. The minimum absolute atomic E-state index is 0.103. The first kappa shape index (κ1) is 16.0. The molecule has 1 aromatic carbocycles. The summed E-state index contributed by atoms with van der Waals surface area (Å²) < 4.78 is 0. The van der Waals surface area contributed by atoms with E-state index in [4.69, 9.17) is 5.11 Å². The lowest BCUT2D eigenvalue weighted by Crippen LogP contribution is -2.40. The summed E-state index contributed by atoms with van der Waals surface area (Å²) in [4.78, 5) is 10.7. The second kappa shape index (κ2) is 7.60. The fourth-order valence-corrected chi connectivity index (χ4v) is 3.41. The molecule has 0 aliphatic heterocycles. The number of aliphatic carboxylic acids is 1. The van der Waals surface area contributed by atoms with Crippen molar-refractivity contribution in [2.75, 3.05) is 0 Å². The van der Waals surface area contributed by atoms with Crippen LogP contribution in [0.15, 0.2) is 24.3 Å². The summed E-state index contributed by atoms with van der Waals surface area (Å²) in [7, 11) is 0. The summed E-state index contributed by atoms with van der Waals surface area (Å²) >= 11 is 0. The largest absolute Gasteiger partial charge is 0.481 e. The lowest BCUT2D eigenvalue weighted by atomic mass is 9.78. The van der Waals surface area contributed by atoms with Crippen molar-refractivity contribution in [2.24, 2.45) is 11.8 Å². The molecule has 0 aromatic heterocycles. The van der Waals surface area contributed by atoms with E-state index >= 15 is 0 Å². The van der Waals surface area contributed by atoms with Gasteiger partial charge in [0.15, 0.2) is 0 Å². The normalized spacial score (nSPS) is 22.4. The molecule has 2 unspecified atom stereocenters. The minimum atomic E-state index is -0.775. The van der Waals surface area contributed by atoms with Crippen LogP contribution in [0, 0.1) is 11.8 Å². The van der Waals surface area contributed by atoms with Crippen LogP contribution in [-0.4, -0.2) is 17.1 Å². The Morgan fingerprint density at radius 1 is 1.19 bits per heavy atom. The molecular weight excluding hydrogens is 262 g/mol. The second-order valence-electron chi connectivity index (χ2n) is 6.57. The molecule has 1 aliphatic carbocycles. The highest BCUT2D eigenvalue weighted by atomic mass is 16.4. The van der Waals surface area contributed by atoms with E-state index in [9.17, 15) is 4.79 Å². The van der Waals surface area contributed by atoms with Crippen molar-refractivity contribution in [1.82, 2.24) is 5.32 Å². The smallest absolute Gasteiger partial charge is 0.307 e. The Morgan fingerprint density at radius 2 is 1.81 bits per heavy atom. The lowest BCUT2D eigenvalue weighted by molar-refractivity contribution is -0.136. The Hall–Kier alpha value is -1.35. The zero-order valence-electron chi connectivity index (χ0n) is 13.1. The number of nitrogens with one attached hydrogen (secondary N) is 1. The van der Waals surface area contributed by atoms with Crippen molar-refractivity contribution in [2.45, 2.75) is 58.5 Å². The molecule has 0 radical (unpaired) electrons. The summed E-state index contributed by atoms with van der Waals surface area (Å²) in [6.07, 6.45) is 5.42. The molecule has 0 heterocycles. The monoisotopic (exact) mass is 289 g/mol. The first-order chi connectivity index (χ1) is 10.1. The van der Waals surface area contributed by atoms with Crippen LogP contribution in [0.25, 0.3) is 0 Å². The predicted octanol–water partition coefficient (Wildman–Crippen LogP) is 3.62. The molecule has 0 spiro atoms. The van der Waals surface area contributed by atoms with Gasteiger partial charge in [0, 0.05) is 12.6 Å². The van der Waals surface area contributed by atoms with E-state index < -0.39 is 5.97 Å². The van der Waals surface area contributed by atoms with Gasteiger partial charge < -0.3 is 10.4 Å². The maximum absolute atomic E-state index is 10.7. The lowest BCUT2D eigenvalue weighted by Gasteiger charge is -2.35. The Bertz CT molecular complexity index is 453. The molecule has 3 nitrogen and oxygen atoms in total. The van der Waals surface area contributed by atoms with Gasteiger partial charge >= 0.3 is 5.97 Å². The van der Waals surface area contributed by atoms with Crippen LogP contribution in [0.5, 0.6) is 0 Å². The number of carbonyl (C=O) groups is 1. The van der Waals surface area contributed by atoms with Crippen LogP contribution in [0.1, 0.15) is 50.7 Å². The third-order valence-electron chi connectivity index (χ3n) is 4.62. The molecule has 1 aromatic rings. The molecule has 1 saturated carbocycles. The molecular formula is C18H27NO2. The van der Waals surface area contributed by atoms with Crippen LogP contribution < -0.4 is 5.32 Å². The van der Waals surface area contributed by atoms with Crippen LogP contribution in [-0.2, 0) is 17.8 Å². The molecule has 0 saturated heterocycles. The van der Waals surface area contributed by atoms with Crippen LogP contribution in [0.4, 0.5) is 0 Å². The van der Waals surface area contributed by atoms with E-state index in [1.54, 1.807) is 0 Å². The Balaban J connectivity index is 1.88. The maximum Gasteiger partial charge on any atom is 0.307 e. The minimum Gasteiger partial charge on any atom is -0.481 e. The average Bonchev–Trinajstić information content (AvgIpc) is 2.46. The Morgan fingerprint density at radius 3 is 2.43 bits per heavy atom. The SMILES string of the molecule is CC(C)C1CCCCC1NCc1ccc(CC(=O)O)cc1. The summed E-state index contributed by atoms with van der Waals surface area (Å²) in [5, 5.41) is 12.5. The number of rotatable bonds is 6. The van der Waals surface area contributed by atoms with Gasteiger partial charge in [0.1, 0.15) is 0 Å². The van der Waals surface area contributed by atoms with Crippen molar-refractivity contribution in [3.8, 4) is 0 Å². The predicted molar refractivity (Wildman–Crippen MR) is 85.2 cm³/mol. The van der Waals surface area contributed by atoms with Gasteiger partial charge in [-0.05, 0) is 35.8 Å². The highest BCUT2D eigenvalue weighted by molar-refractivity contribution is 5.70. The first-order valence-corrected chi connectivity index (χ1v) is 8.09. The van der Waals surface area contributed by atoms with Crippen molar-refractivity contribution >= 4 is 5.97 Å². The summed E-state index contributed by atoms with van der Waals surface area (Å²) in [6.45, 7) is 5.53. The molecule has 2 N–H and O–H groups in total. The van der Waals surface area contributed by atoms with Crippen molar-refractivity contribution in [3.63, 3.8) is 0 Å². The van der Waals surface area contributed by atoms with Gasteiger partial charge in [-0.2, -0.15) is 0 Å². The maximum atomic E-state index is 10.7. The van der Waals surface area contributed by atoms with Crippen molar-refractivity contribution in [1.29, 1.82) is 0 Å². The second-order valence-corrected chi connectivity index (χ2v) is 6.57. The Labute approximate surface area is 127 Å². The summed E-state index contributed by atoms with van der Waals surface area (Å²) in [5.74, 6) is 0.744. The third kappa shape index (κ3) is 4.85. The quantitative estimate of drug-likeness (QED) is 0.841. The molecule has 1 aliphatic rings. The first-order valence-electron chi connectivity index (χ1n) is 8.09. The zero-order chi connectivity index (χ0) is 15.2. The van der Waals surface area contributed by atoms with Crippen LogP contribution in [0.3, 0.4) is 0 Å². The van der Waals surface area contributed by atoms with Gasteiger partial charge in [0.2, 0.25) is 0 Å². The van der Waals surface area contributed by atoms with E-state index in [0.717, 1.165) is 23.9 Å². The van der Waals surface area contributed by atoms with Crippen LogP contribution >= 0.6 is 0 Å². The fraction of sp³-hybridized carbons (Fsp3) is 0.611. The Kier molecular flexibility index (Phi) is 5.80. The van der Waals surface area contributed by atoms with Gasteiger partial charge in [-0.1, -0.05) is 51.0 Å².